The molecule has 2 aromatic rings. The number of benzene rings is 2. The molecule has 1 saturated heterocycles. The van der Waals surface area contributed by atoms with E-state index in [-0.39, 0.29) is 18.4 Å². The zero-order valence-electron chi connectivity index (χ0n) is 15.7. The number of carbonyl (C=O) groups is 2. The van der Waals surface area contributed by atoms with Crippen LogP contribution in [0, 0.1) is 0 Å². The molecule has 1 aliphatic heterocycles. The maximum absolute atomic E-state index is 12.5. The van der Waals surface area contributed by atoms with E-state index in [4.69, 9.17) is 9.84 Å². The molecule has 2 aromatic carbocycles. The van der Waals surface area contributed by atoms with Crippen LogP contribution in [0.2, 0.25) is 0 Å². The van der Waals surface area contributed by atoms with Crippen molar-refractivity contribution in [3.8, 4) is 11.1 Å². The van der Waals surface area contributed by atoms with Gasteiger partial charge in [-0.05, 0) is 22.3 Å². The van der Waals surface area contributed by atoms with E-state index in [1.54, 1.807) is 4.90 Å². The Balaban J connectivity index is 1.35. The number of rotatable bonds is 5. The summed E-state index contributed by atoms with van der Waals surface area (Å²) >= 11 is 0. The van der Waals surface area contributed by atoms with Crippen molar-refractivity contribution < 1.29 is 19.4 Å². The first kappa shape index (κ1) is 18.5. The number of aliphatic carboxylic acids is 1. The third-order valence-electron chi connectivity index (χ3n) is 5.61. The lowest BCUT2D eigenvalue weighted by atomic mass is 9.98. The van der Waals surface area contributed by atoms with Gasteiger partial charge in [0.2, 0.25) is 0 Å². The highest BCUT2D eigenvalue weighted by molar-refractivity contribution is 5.79. The molecule has 0 saturated carbocycles. The van der Waals surface area contributed by atoms with Crippen LogP contribution in [-0.2, 0) is 9.53 Å². The Labute approximate surface area is 164 Å². The van der Waals surface area contributed by atoms with E-state index in [9.17, 15) is 9.59 Å². The molecule has 0 unspecified atom stereocenters. The van der Waals surface area contributed by atoms with Crippen LogP contribution < -0.4 is 0 Å². The molecule has 1 amide bonds. The number of carbonyl (C=O) groups excluding carboxylic acids is 1. The van der Waals surface area contributed by atoms with Crippen molar-refractivity contribution in [1.82, 2.24) is 9.80 Å². The van der Waals surface area contributed by atoms with Crippen molar-refractivity contribution in [3.05, 3.63) is 59.7 Å². The van der Waals surface area contributed by atoms with E-state index in [1.165, 1.54) is 22.3 Å². The number of fused-ring (bicyclic) bond motifs is 3. The van der Waals surface area contributed by atoms with E-state index in [2.05, 4.69) is 29.2 Å². The molecule has 0 spiro atoms. The predicted molar refractivity (Wildman–Crippen MR) is 105 cm³/mol. The predicted octanol–water partition coefficient (Wildman–Crippen LogP) is 3.03. The molecule has 0 radical (unpaired) electrons. The first-order valence-corrected chi connectivity index (χ1v) is 9.67. The van der Waals surface area contributed by atoms with Crippen LogP contribution in [0.15, 0.2) is 48.5 Å². The summed E-state index contributed by atoms with van der Waals surface area (Å²) in [5, 5.41) is 8.79. The Morgan fingerprint density at radius 1 is 0.929 bits per heavy atom. The molecule has 1 aliphatic carbocycles. The summed E-state index contributed by atoms with van der Waals surface area (Å²) in [6.45, 7) is 3.33. The molecular weight excluding hydrogens is 356 g/mol. The van der Waals surface area contributed by atoms with Gasteiger partial charge in [0, 0.05) is 38.6 Å². The van der Waals surface area contributed by atoms with E-state index < -0.39 is 5.97 Å². The van der Waals surface area contributed by atoms with Gasteiger partial charge in [-0.3, -0.25) is 9.69 Å². The summed E-state index contributed by atoms with van der Waals surface area (Å²) in [4.78, 5) is 27.0. The van der Waals surface area contributed by atoms with E-state index in [1.807, 2.05) is 24.3 Å². The minimum atomic E-state index is -0.793. The smallest absolute Gasteiger partial charge is 0.409 e. The lowest BCUT2D eigenvalue weighted by molar-refractivity contribution is -0.137. The lowest BCUT2D eigenvalue weighted by Gasteiger charge is -2.34. The quantitative estimate of drug-likeness (QED) is 0.863. The molecule has 0 aromatic heterocycles. The van der Waals surface area contributed by atoms with Crippen LogP contribution in [0.25, 0.3) is 11.1 Å². The topological polar surface area (TPSA) is 70.1 Å². The number of nitrogens with zero attached hydrogens (tertiary/aromatic N) is 2. The highest BCUT2D eigenvalue weighted by atomic mass is 16.6. The number of ether oxygens (including phenoxy) is 1. The van der Waals surface area contributed by atoms with Gasteiger partial charge in [-0.15, -0.1) is 0 Å². The summed E-state index contributed by atoms with van der Waals surface area (Å²) in [5.74, 6) is -0.729. The third kappa shape index (κ3) is 3.73. The Hall–Kier alpha value is -2.86. The first-order valence-electron chi connectivity index (χ1n) is 9.67. The van der Waals surface area contributed by atoms with Crippen molar-refractivity contribution in [3.63, 3.8) is 0 Å². The van der Waals surface area contributed by atoms with E-state index in [0.29, 0.717) is 39.3 Å². The van der Waals surface area contributed by atoms with Crippen LogP contribution in [0.5, 0.6) is 0 Å². The lowest BCUT2D eigenvalue weighted by Crippen LogP contribution is -2.49. The molecule has 0 atom stereocenters. The minimum absolute atomic E-state index is 0.0632. The molecule has 6 nitrogen and oxygen atoms in total. The van der Waals surface area contributed by atoms with Gasteiger partial charge in [-0.1, -0.05) is 48.5 Å². The molecule has 1 fully saturated rings. The normalized spacial score (nSPS) is 16.5. The fourth-order valence-electron chi connectivity index (χ4n) is 4.09. The average molecular weight is 380 g/mol. The SMILES string of the molecule is O=C(O)CCN1CCN(C(=O)OCC2c3ccccc3-c3ccccc32)CC1. The average Bonchev–Trinajstić information content (AvgIpc) is 3.05. The maximum atomic E-state index is 12.5. The van der Waals surface area contributed by atoms with Gasteiger partial charge in [0.25, 0.3) is 0 Å². The second-order valence-corrected chi connectivity index (χ2v) is 7.28. The molecular formula is C22H24N2O4. The molecule has 28 heavy (non-hydrogen) atoms. The van der Waals surface area contributed by atoms with Crippen molar-refractivity contribution in [2.45, 2.75) is 12.3 Å². The van der Waals surface area contributed by atoms with Gasteiger partial charge in [0.05, 0.1) is 6.42 Å². The first-order chi connectivity index (χ1) is 13.6. The summed E-state index contributed by atoms with van der Waals surface area (Å²) < 4.78 is 5.69. The number of amides is 1. The van der Waals surface area contributed by atoms with E-state index in [0.717, 1.165) is 0 Å². The molecule has 146 valence electrons. The van der Waals surface area contributed by atoms with Crippen molar-refractivity contribution >= 4 is 12.1 Å². The van der Waals surface area contributed by atoms with Gasteiger partial charge in [-0.2, -0.15) is 0 Å². The van der Waals surface area contributed by atoms with Crippen molar-refractivity contribution in [2.75, 3.05) is 39.3 Å². The van der Waals surface area contributed by atoms with Gasteiger partial charge in [-0.25, -0.2) is 4.79 Å². The maximum Gasteiger partial charge on any atom is 0.409 e. The zero-order valence-corrected chi connectivity index (χ0v) is 15.7. The van der Waals surface area contributed by atoms with Crippen LogP contribution >= 0.6 is 0 Å². The van der Waals surface area contributed by atoms with Crippen LogP contribution in [0.1, 0.15) is 23.5 Å². The number of hydrogen-bond donors (Lipinski definition) is 1. The minimum Gasteiger partial charge on any atom is -0.481 e. The Morgan fingerprint density at radius 2 is 1.50 bits per heavy atom. The van der Waals surface area contributed by atoms with Crippen LogP contribution in [-0.4, -0.2) is 66.3 Å². The van der Waals surface area contributed by atoms with Crippen LogP contribution in [0.3, 0.4) is 0 Å². The van der Waals surface area contributed by atoms with Crippen molar-refractivity contribution in [1.29, 1.82) is 0 Å². The van der Waals surface area contributed by atoms with Crippen LogP contribution in [0.4, 0.5) is 4.79 Å². The summed E-state index contributed by atoms with van der Waals surface area (Å²) in [6.07, 6.45) is -0.162. The standard InChI is InChI=1S/C22H24N2O4/c25-21(26)9-10-23-11-13-24(14-12-23)22(27)28-15-20-18-7-3-1-5-16(18)17-6-2-4-8-19(17)20/h1-8,20H,9-15H2,(H,25,26). The number of carboxylic acid groups (broad SMARTS) is 1. The Kier molecular flexibility index (Phi) is 5.30. The Morgan fingerprint density at radius 3 is 2.07 bits per heavy atom. The van der Waals surface area contributed by atoms with Gasteiger partial charge >= 0.3 is 12.1 Å². The number of piperazine rings is 1. The van der Waals surface area contributed by atoms with Gasteiger partial charge in [0.15, 0.2) is 0 Å². The number of carboxylic acids is 1. The second-order valence-electron chi connectivity index (χ2n) is 7.28. The van der Waals surface area contributed by atoms with Gasteiger partial charge < -0.3 is 14.7 Å². The fraction of sp³-hybridized carbons (Fsp3) is 0.364. The van der Waals surface area contributed by atoms with Gasteiger partial charge in [0.1, 0.15) is 6.61 Å². The Bertz CT molecular complexity index is 829. The fourth-order valence-corrected chi connectivity index (χ4v) is 4.09. The second kappa shape index (κ2) is 8.02. The molecule has 0 bridgehead atoms. The molecule has 1 N–H and O–H groups in total. The van der Waals surface area contributed by atoms with E-state index >= 15 is 0 Å². The molecule has 1 heterocycles. The molecule has 6 heteroatoms. The highest BCUT2D eigenvalue weighted by Gasteiger charge is 2.30. The summed E-state index contributed by atoms with van der Waals surface area (Å²) in [7, 11) is 0. The largest absolute Gasteiger partial charge is 0.481 e. The highest BCUT2D eigenvalue weighted by Crippen LogP contribution is 2.44. The monoisotopic (exact) mass is 380 g/mol. The summed E-state index contributed by atoms with van der Waals surface area (Å²) in [6, 6.07) is 16.6. The molecule has 4 rings (SSSR count). The molecule has 2 aliphatic rings. The number of hydrogen-bond acceptors (Lipinski definition) is 4. The third-order valence-corrected chi connectivity index (χ3v) is 5.61. The van der Waals surface area contributed by atoms with Crippen molar-refractivity contribution in [2.24, 2.45) is 0 Å². The summed E-state index contributed by atoms with van der Waals surface area (Å²) in [5.41, 5.74) is 4.84. The zero-order chi connectivity index (χ0) is 19.5.